The van der Waals surface area contributed by atoms with E-state index in [1.807, 2.05) is 55.5 Å². The summed E-state index contributed by atoms with van der Waals surface area (Å²) in [5.74, 6) is 1.64. The molecule has 32 heavy (non-hydrogen) atoms. The van der Waals surface area contributed by atoms with Gasteiger partial charge in [-0.05, 0) is 55.0 Å². The first-order valence-electron chi connectivity index (χ1n) is 10.0. The lowest BCUT2D eigenvalue weighted by molar-refractivity contribution is 0.373. The van der Waals surface area contributed by atoms with Crippen molar-refractivity contribution >= 4 is 27.7 Å². The number of hydrogen-bond acceptors (Lipinski definition) is 7. The second-order valence-corrected chi connectivity index (χ2v) is 7.35. The van der Waals surface area contributed by atoms with Crippen LogP contribution in [0.5, 0.6) is 11.5 Å². The molecule has 2 N–H and O–H groups in total. The number of aromatic nitrogens is 2. The Morgan fingerprint density at radius 2 is 1.84 bits per heavy atom. The van der Waals surface area contributed by atoms with Gasteiger partial charge in [0.2, 0.25) is 0 Å². The summed E-state index contributed by atoms with van der Waals surface area (Å²) in [5.41, 5.74) is 6.45. The van der Waals surface area contributed by atoms with E-state index in [2.05, 4.69) is 20.5 Å². The number of aromatic hydroxyl groups is 1. The number of nitrogens with zero attached hydrogens (tertiary/aromatic N) is 3. The van der Waals surface area contributed by atoms with E-state index < -0.39 is 0 Å². The van der Waals surface area contributed by atoms with Crippen molar-refractivity contribution < 1.29 is 14.3 Å². The summed E-state index contributed by atoms with van der Waals surface area (Å²) in [6.45, 7) is 2.01. The Hall–Kier alpha value is -4.39. The van der Waals surface area contributed by atoms with Crippen LogP contribution < -0.4 is 15.5 Å². The molecule has 5 aromatic rings. The summed E-state index contributed by atoms with van der Waals surface area (Å²) in [4.78, 5) is 8.64. The van der Waals surface area contributed by atoms with Crippen molar-refractivity contribution in [1.82, 2.24) is 9.97 Å². The molecule has 0 amide bonds. The van der Waals surface area contributed by atoms with Crippen LogP contribution in [0.1, 0.15) is 5.56 Å². The minimum absolute atomic E-state index is 0.0649. The Morgan fingerprint density at radius 1 is 0.969 bits per heavy atom. The first-order valence-corrected chi connectivity index (χ1v) is 10.0. The number of anilines is 1. The maximum Gasteiger partial charge on any atom is 0.161 e. The summed E-state index contributed by atoms with van der Waals surface area (Å²) in [6, 6.07) is 20.6. The molecule has 0 bridgehead atoms. The molecule has 0 aliphatic rings. The third kappa shape index (κ3) is 3.60. The smallest absolute Gasteiger partial charge is 0.161 e. The van der Waals surface area contributed by atoms with Crippen LogP contribution in [0, 0.1) is 6.92 Å². The van der Waals surface area contributed by atoms with Crippen molar-refractivity contribution in [1.29, 1.82) is 0 Å². The van der Waals surface area contributed by atoms with Crippen LogP contribution in [0.3, 0.4) is 0 Å². The van der Waals surface area contributed by atoms with E-state index in [9.17, 15) is 5.11 Å². The predicted molar refractivity (Wildman–Crippen MR) is 123 cm³/mol. The van der Waals surface area contributed by atoms with E-state index >= 15 is 0 Å². The highest BCUT2D eigenvalue weighted by Gasteiger charge is 2.10. The molecule has 158 valence electrons. The average Bonchev–Trinajstić information content (AvgIpc) is 2.82. The fourth-order valence-corrected chi connectivity index (χ4v) is 3.55. The number of hydrogen-bond donors (Lipinski definition) is 2. The largest absolute Gasteiger partial charge is 0.504 e. The maximum absolute atomic E-state index is 9.95. The van der Waals surface area contributed by atoms with Crippen LogP contribution in [0.15, 0.2) is 82.6 Å². The van der Waals surface area contributed by atoms with Crippen LogP contribution in [0.2, 0.25) is 0 Å². The minimum atomic E-state index is 0.0649. The molecule has 0 aliphatic heterocycles. The minimum Gasteiger partial charge on any atom is -0.504 e. The molecule has 7 heteroatoms. The van der Waals surface area contributed by atoms with E-state index in [1.165, 1.54) is 13.4 Å². The molecule has 0 atom stereocenters. The Labute approximate surface area is 183 Å². The molecule has 0 unspecified atom stereocenters. The van der Waals surface area contributed by atoms with Gasteiger partial charge in [0.25, 0.3) is 0 Å². The fraction of sp³-hybridized carbons (Fsp3) is 0.0800. The Balaban J connectivity index is 1.68. The zero-order valence-corrected chi connectivity index (χ0v) is 17.5. The molecular weight excluding hydrogens is 404 g/mol. The lowest BCUT2D eigenvalue weighted by Gasteiger charge is -2.09. The number of aryl methyl sites for hydroxylation is 1. The molecule has 7 nitrogen and oxygen atoms in total. The molecule has 2 aromatic heterocycles. The molecule has 2 heterocycles. The van der Waals surface area contributed by atoms with Crippen molar-refractivity contribution in [3.05, 3.63) is 84.0 Å². The third-order valence-corrected chi connectivity index (χ3v) is 5.19. The second kappa shape index (κ2) is 8.03. The number of phenols is 1. The first-order chi connectivity index (χ1) is 15.6. The van der Waals surface area contributed by atoms with Crippen LogP contribution in [0.25, 0.3) is 33.2 Å². The van der Waals surface area contributed by atoms with Gasteiger partial charge in [-0.2, -0.15) is 5.10 Å². The quantitative estimate of drug-likeness (QED) is 0.395. The normalized spacial score (nSPS) is 11.8. The number of fused-ring (bicyclic) bond motifs is 2. The Kier molecular flexibility index (Phi) is 4.91. The van der Waals surface area contributed by atoms with E-state index in [0.29, 0.717) is 28.3 Å². The van der Waals surface area contributed by atoms with Gasteiger partial charge in [-0.1, -0.05) is 18.2 Å². The maximum atomic E-state index is 9.95. The molecule has 0 saturated heterocycles. The number of ether oxygens (including phenoxy) is 1. The summed E-state index contributed by atoms with van der Waals surface area (Å²) < 4.78 is 11.4. The van der Waals surface area contributed by atoms with E-state index in [-0.39, 0.29) is 5.75 Å². The summed E-state index contributed by atoms with van der Waals surface area (Å²) >= 11 is 0. The number of methoxy groups -OCH3 is 1. The van der Waals surface area contributed by atoms with Gasteiger partial charge in [0, 0.05) is 22.4 Å². The lowest BCUT2D eigenvalue weighted by Crippen LogP contribution is -2.08. The Morgan fingerprint density at radius 3 is 2.72 bits per heavy atom. The van der Waals surface area contributed by atoms with Crippen molar-refractivity contribution in [3.63, 3.8) is 0 Å². The highest BCUT2D eigenvalue weighted by atomic mass is 16.5. The van der Waals surface area contributed by atoms with Crippen molar-refractivity contribution in [2.24, 2.45) is 5.10 Å². The van der Waals surface area contributed by atoms with Crippen molar-refractivity contribution in [3.8, 4) is 22.8 Å². The van der Waals surface area contributed by atoms with Gasteiger partial charge in [0.15, 0.2) is 17.3 Å². The van der Waals surface area contributed by atoms with Crippen molar-refractivity contribution in [2.45, 2.75) is 6.92 Å². The molecule has 3 aromatic carbocycles. The van der Waals surface area contributed by atoms with Crippen LogP contribution in [0.4, 0.5) is 5.82 Å². The van der Waals surface area contributed by atoms with Gasteiger partial charge in [0.05, 0.1) is 18.0 Å². The van der Waals surface area contributed by atoms with Gasteiger partial charge >= 0.3 is 0 Å². The highest BCUT2D eigenvalue weighted by molar-refractivity contribution is 5.88. The van der Waals surface area contributed by atoms with Crippen LogP contribution >= 0.6 is 0 Å². The van der Waals surface area contributed by atoms with Gasteiger partial charge in [-0.25, -0.2) is 9.97 Å². The zero-order chi connectivity index (χ0) is 22.1. The standard InChI is InChI=1S/C25H20N4O3/c1-15-7-9-17-20(28-29-25-18-5-3-4-6-19(18)26-14-27-25)13-22(32-23(17)11-15)16-8-10-21(30)24(12-16)31-2/h3-14,30H,1-2H3,(H,26,27,29). The zero-order valence-electron chi connectivity index (χ0n) is 17.5. The van der Waals surface area contributed by atoms with E-state index in [1.54, 1.807) is 18.2 Å². The molecule has 0 spiro atoms. The van der Waals surface area contributed by atoms with Gasteiger partial charge in [-0.15, -0.1) is 0 Å². The topological polar surface area (TPSA) is 92.8 Å². The SMILES string of the molecule is COc1cc(-c2cc(=NNc3ncnc4ccccc34)c3ccc(C)cc3o2)ccc1O. The highest BCUT2D eigenvalue weighted by Crippen LogP contribution is 2.32. The number of para-hydroxylation sites is 1. The van der Waals surface area contributed by atoms with Crippen molar-refractivity contribution in [2.75, 3.05) is 12.5 Å². The fourth-order valence-electron chi connectivity index (χ4n) is 3.55. The Bertz CT molecular complexity index is 1520. The molecule has 5 rings (SSSR count). The van der Waals surface area contributed by atoms with E-state index in [0.717, 1.165) is 27.4 Å². The number of phenolic OH excluding ortho intramolecular Hbond substituents is 1. The van der Waals surface area contributed by atoms with Gasteiger partial charge < -0.3 is 14.3 Å². The van der Waals surface area contributed by atoms with Crippen LogP contribution in [-0.2, 0) is 0 Å². The number of nitrogens with one attached hydrogen (secondary N) is 1. The molecule has 0 saturated carbocycles. The van der Waals surface area contributed by atoms with Gasteiger partial charge in [-0.3, -0.25) is 5.43 Å². The third-order valence-electron chi connectivity index (χ3n) is 5.19. The lowest BCUT2D eigenvalue weighted by atomic mass is 10.1. The monoisotopic (exact) mass is 424 g/mol. The molecule has 0 aliphatic carbocycles. The predicted octanol–water partition coefficient (Wildman–Crippen LogP) is 4.99. The van der Waals surface area contributed by atoms with E-state index in [4.69, 9.17) is 9.15 Å². The number of rotatable bonds is 4. The van der Waals surface area contributed by atoms with Crippen LogP contribution in [-0.4, -0.2) is 22.2 Å². The summed E-state index contributed by atoms with van der Waals surface area (Å²) in [6.07, 6.45) is 1.51. The first kappa shape index (κ1) is 19.6. The molecule has 0 radical (unpaired) electrons. The second-order valence-electron chi connectivity index (χ2n) is 7.35. The molecular formula is C25H20N4O3. The van der Waals surface area contributed by atoms with Gasteiger partial charge in [0.1, 0.15) is 17.7 Å². The number of benzene rings is 3. The summed E-state index contributed by atoms with van der Waals surface area (Å²) in [7, 11) is 1.51. The average molecular weight is 424 g/mol. The summed E-state index contributed by atoms with van der Waals surface area (Å²) in [5, 5.41) is 17.0. The molecule has 0 fully saturated rings.